The molecule has 1 aromatic rings. The van der Waals surface area contributed by atoms with Gasteiger partial charge in [-0.2, -0.15) is 13.2 Å². The van der Waals surface area contributed by atoms with Crippen LogP contribution in [0.1, 0.15) is 36.0 Å². The van der Waals surface area contributed by atoms with Gasteiger partial charge >= 0.3 is 6.18 Å². The zero-order valence-electron chi connectivity index (χ0n) is 15.5. The normalized spacial score (nSPS) is 22.8. The molecule has 0 radical (unpaired) electrons. The van der Waals surface area contributed by atoms with Crippen LogP contribution in [0.3, 0.4) is 0 Å². The summed E-state index contributed by atoms with van der Waals surface area (Å²) in [6.45, 7) is 7.95. The Bertz CT molecular complexity index is 869. The van der Waals surface area contributed by atoms with Crippen molar-refractivity contribution in [2.75, 3.05) is 6.54 Å². The summed E-state index contributed by atoms with van der Waals surface area (Å²) in [6, 6.07) is 3.69. The van der Waals surface area contributed by atoms with Crippen LogP contribution in [-0.4, -0.2) is 23.1 Å². The van der Waals surface area contributed by atoms with Crippen LogP contribution in [0, 0.1) is 5.41 Å². The lowest BCUT2D eigenvalue weighted by Gasteiger charge is -2.37. The van der Waals surface area contributed by atoms with Crippen molar-refractivity contribution < 1.29 is 22.8 Å². The van der Waals surface area contributed by atoms with Gasteiger partial charge in [-0.25, -0.2) is 0 Å². The number of amides is 1. The topological polar surface area (TPSA) is 37.4 Å². The maximum Gasteiger partial charge on any atom is 0.416 e. The van der Waals surface area contributed by atoms with E-state index in [0.717, 1.165) is 17.7 Å². The van der Waals surface area contributed by atoms with Crippen LogP contribution in [0.15, 0.2) is 55.2 Å². The van der Waals surface area contributed by atoms with Gasteiger partial charge in [0.05, 0.1) is 11.0 Å². The first kappa shape index (κ1) is 20.1. The molecule has 1 aromatic carbocycles. The van der Waals surface area contributed by atoms with Gasteiger partial charge in [-0.15, -0.1) is 0 Å². The van der Waals surface area contributed by atoms with Crippen LogP contribution >= 0.6 is 0 Å². The van der Waals surface area contributed by atoms with E-state index in [0.29, 0.717) is 36.9 Å². The molecule has 0 N–H and O–H groups in total. The predicted octanol–water partition coefficient (Wildman–Crippen LogP) is 4.63. The first-order valence-corrected chi connectivity index (χ1v) is 9.17. The van der Waals surface area contributed by atoms with E-state index >= 15 is 0 Å². The molecule has 0 saturated heterocycles. The predicted molar refractivity (Wildman–Crippen MR) is 100 cm³/mol. The second-order valence-electron chi connectivity index (χ2n) is 7.32. The van der Waals surface area contributed by atoms with Gasteiger partial charge in [-0.05, 0) is 41.7 Å². The van der Waals surface area contributed by atoms with Crippen LogP contribution < -0.4 is 0 Å². The number of ketones is 1. The van der Waals surface area contributed by atoms with E-state index in [4.69, 9.17) is 0 Å². The molecule has 1 saturated carbocycles. The highest BCUT2D eigenvalue weighted by molar-refractivity contribution is 5.96. The Hall–Kier alpha value is -2.63. The van der Waals surface area contributed by atoms with E-state index < -0.39 is 17.2 Å². The highest BCUT2D eigenvalue weighted by Gasteiger charge is 2.49. The van der Waals surface area contributed by atoms with Crippen LogP contribution in [0.2, 0.25) is 0 Å². The SMILES string of the molecule is C=C/C=C(\C=C)C1(C(=O)N2CCc3ccc(C(F)(F)F)cc3C2)CCC(=O)C1. The number of halogens is 3. The number of allylic oxidation sites excluding steroid dienone is 3. The lowest BCUT2D eigenvalue weighted by molar-refractivity contribution is -0.141. The Kier molecular flexibility index (Phi) is 5.33. The molecule has 0 bridgehead atoms. The Labute approximate surface area is 162 Å². The van der Waals surface area contributed by atoms with E-state index in [1.807, 2.05) is 0 Å². The molecule has 148 valence electrons. The average molecular weight is 389 g/mol. The maximum atomic E-state index is 13.5. The fourth-order valence-electron chi connectivity index (χ4n) is 4.18. The Morgan fingerprint density at radius 2 is 1.93 bits per heavy atom. The molecule has 1 aliphatic heterocycles. The van der Waals surface area contributed by atoms with E-state index in [1.165, 1.54) is 6.07 Å². The van der Waals surface area contributed by atoms with Crippen LogP contribution in [0.5, 0.6) is 0 Å². The summed E-state index contributed by atoms with van der Waals surface area (Å²) in [5.74, 6) is -0.226. The minimum absolute atomic E-state index is 0.00179. The summed E-state index contributed by atoms with van der Waals surface area (Å²) < 4.78 is 39.2. The maximum absolute atomic E-state index is 13.5. The fraction of sp³-hybridized carbons (Fsp3) is 0.364. The highest BCUT2D eigenvalue weighted by atomic mass is 19.4. The van der Waals surface area contributed by atoms with Gasteiger partial charge in [0.2, 0.25) is 5.91 Å². The lowest BCUT2D eigenvalue weighted by atomic mass is 9.76. The molecule has 6 heteroatoms. The van der Waals surface area contributed by atoms with Crippen LogP contribution in [0.4, 0.5) is 13.2 Å². The minimum Gasteiger partial charge on any atom is -0.337 e. The lowest BCUT2D eigenvalue weighted by Crippen LogP contribution is -2.46. The van der Waals surface area contributed by atoms with Gasteiger partial charge in [0.15, 0.2) is 0 Å². The van der Waals surface area contributed by atoms with Gasteiger partial charge in [0.25, 0.3) is 0 Å². The molecule has 0 spiro atoms. The van der Waals surface area contributed by atoms with E-state index in [-0.39, 0.29) is 24.7 Å². The summed E-state index contributed by atoms with van der Waals surface area (Å²) in [5, 5.41) is 0. The summed E-state index contributed by atoms with van der Waals surface area (Å²) in [6.07, 6.45) is 1.63. The Morgan fingerprint density at radius 1 is 1.18 bits per heavy atom. The number of rotatable bonds is 4. The second kappa shape index (κ2) is 7.41. The van der Waals surface area contributed by atoms with Gasteiger partial charge < -0.3 is 4.90 Å². The second-order valence-corrected chi connectivity index (χ2v) is 7.32. The first-order valence-electron chi connectivity index (χ1n) is 9.17. The molecule has 3 nitrogen and oxygen atoms in total. The van der Waals surface area contributed by atoms with Crippen molar-refractivity contribution in [2.24, 2.45) is 5.41 Å². The molecule has 2 aliphatic rings. The number of alkyl halides is 3. The van der Waals surface area contributed by atoms with Gasteiger partial charge in [0, 0.05) is 25.9 Å². The van der Waals surface area contributed by atoms with Gasteiger partial charge in [0.1, 0.15) is 5.78 Å². The van der Waals surface area contributed by atoms with Crippen molar-refractivity contribution in [2.45, 2.75) is 38.4 Å². The third kappa shape index (κ3) is 3.55. The fourth-order valence-corrected chi connectivity index (χ4v) is 4.18. The van der Waals surface area contributed by atoms with Gasteiger partial charge in [-0.1, -0.05) is 37.5 Å². The number of fused-ring (bicyclic) bond motifs is 1. The smallest absolute Gasteiger partial charge is 0.337 e. The largest absolute Gasteiger partial charge is 0.416 e. The van der Waals surface area contributed by atoms with Crippen molar-refractivity contribution in [1.29, 1.82) is 0 Å². The first-order chi connectivity index (χ1) is 13.2. The summed E-state index contributed by atoms with van der Waals surface area (Å²) in [4.78, 5) is 27.1. The van der Waals surface area contributed by atoms with Crippen LogP contribution in [0.25, 0.3) is 0 Å². The number of Topliss-reactive ketones (excluding diaryl/α,β-unsaturated/α-hetero) is 1. The molecule has 1 aliphatic carbocycles. The van der Waals surface area contributed by atoms with Gasteiger partial charge in [-0.3, -0.25) is 9.59 Å². The zero-order chi connectivity index (χ0) is 20.5. The highest BCUT2D eigenvalue weighted by Crippen LogP contribution is 2.45. The van der Waals surface area contributed by atoms with Crippen molar-refractivity contribution in [3.63, 3.8) is 0 Å². The number of carbonyl (C=O) groups is 2. The average Bonchev–Trinajstić information content (AvgIpc) is 3.06. The van der Waals surface area contributed by atoms with E-state index in [1.54, 1.807) is 23.1 Å². The number of hydrogen-bond donors (Lipinski definition) is 0. The standard InChI is InChI=1S/C22H22F3NO2/c1-3-5-17(4-2)21(10-8-19(27)13-21)20(28)26-11-9-15-6-7-18(22(23,24)25)12-16(15)14-26/h3-7,12H,1-2,8-11,13-14H2/b17-5+. The Morgan fingerprint density at radius 3 is 2.50 bits per heavy atom. The molecule has 28 heavy (non-hydrogen) atoms. The quantitative estimate of drug-likeness (QED) is 0.705. The number of carbonyl (C=O) groups excluding carboxylic acids is 2. The third-order valence-corrected chi connectivity index (χ3v) is 5.64. The molecule has 3 rings (SSSR count). The van der Waals surface area contributed by atoms with E-state index in [9.17, 15) is 22.8 Å². The molecule has 1 unspecified atom stereocenters. The number of benzene rings is 1. The summed E-state index contributed by atoms with van der Waals surface area (Å²) in [5.41, 5.74) is 0.227. The molecule has 1 fully saturated rings. The molecule has 0 aromatic heterocycles. The van der Waals surface area contributed by atoms with Crippen LogP contribution in [-0.2, 0) is 28.7 Å². The van der Waals surface area contributed by atoms with Crippen molar-refractivity contribution >= 4 is 11.7 Å². The number of nitrogens with zero attached hydrogens (tertiary/aromatic N) is 1. The van der Waals surface area contributed by atoms with E-state index in [2.05, 4.69) is 13.2 Å². The summed E-state index contributed by atoms with van der Waals surface area (Å²) >= 11 is 0. The summed E-state index contributed by atoms with van der Waals surface area (Å²) in [7, 11) is 0. The van der Waals surface area contributed by atoms with Crippen molar-refractivity contribution in [3.05, 3.63) is 71.8 Å². The molecule has 1 atom stereocenters. The Balaban J connectivity index is 1.94. The molecular weight excluding hydrogens is 367 g/mol. The molecular formula is C22H22F3NO2. The molecule has 1 heterocycles. The minimum atomic E-state index is -4.43. The third-order valence-electron chi connectivity index (χ3n) is 5.64. The monoisotopic (exact) mass is 389 g/mol. The van der Waals surface area contributed by atoms with Crippen molar-refractivity contribution in [3.8, 4) is 0 Å². The molecule has 1 amide bonds. The number of hydrogen-bond acceptors (Lipinski definition) is 2. The zero-order valence-corrected chi connectivity index (χ0v) is 15.5. The van der Waals surface area contributed by atoms with Crippen molar-refractivity contribution in [1.82, 2.24) is 4.90 Å².